The summed E-state index contributed by atoms with van der Waals surface area (Å²) in [4.78, 5) is 36.3. The summed E-state index contributed by atoms with van der Waals surface area (Å²) < 4.78 is 9.54. The number of aliphatic hydroxyl groups excluding tert-OH is 1. The van der Waals surface area contributed by atoms with Gasteiger partial charge in [0, 0.05) is 13.1 Å². The molecule has 9 heteroatoms. The van der Waals surface area contributed by atoms with E-state index in [0.29, 0.717) is 26.3 Å². The van der Waals surface area contributed by atoms with E-state index in [4.69, 9.17) is 9.84 Å². The van der Waals surface area contributed by atoms with Crippen LogP contribution in [0.25, 0.3) is 0 Å². The van der Waals surface area contributed by atoms with Crippen molar-refractivity contribution in [1.82, 2.24) is 15.5 Å². The van der Waals surface area contributed by atoms with Crippen LogP contribution in [0.15, 0.2) is 0 Å². The molecule has 0 radical (unpaired) electrons. The lowest BCUT2D eigenvalue weighted by Gasteiger charge is -2.26. The maximum absolute atomic E-state index is 11.8. The summed E-state index contributed by atoms with van der Waals surface area (Å²) in [6.45, 7) is 1.68. The van der Waals surface area contributed by atoms with Crippen LogP contribution in [0.5, 0.6) is 0 Å². The summed E-state index contributed by atoms with van der Waals surface area (Å²) in [5, 5.41) is 13.8. The van der Waals surface area contributed by atoms with Crippen LogP contribution in [-0.2, 0) is 23.9 Å². The molecule has 1 aliphatic rings. The van der Waals surface area contributed by atoms with Gasteiger partial charge < -0.3 is 25.2 Å². The Morgan fingerprint density at radius 1 is 1.33 bits per heavy atom. The Labute approximate surface area is 122 Å². The van der Waals surface area contributed by atoms with Crippen LogP contribution in [-0.4, -0.2) is 86.9 Å². The van der Waals surface area contributed by atoms with E-state index in [1.54, 1.807) is 0 Å². The second kappa shape index (κ2) is 9.27. The lowest BCUT2D eigenvalue weighted by atomic mass is 10.2. The van der Waals surface area contributed by atoms with Gasteiger partial charge in [0.25, 0.3) is 0 Å². The van der Waals surface area contributed by atoms with Crippen molar-refractivity contribution in [2.45, 2.75) is 6.04 Å². The second-order valence-electron chi connectivity index (χ2n) is 4.49. The van der Waals surface area contributed by atoms with Crippen molar-refractivity contribution in [2.24, 2.45) is 0 Å². The predicted molar refractivity (Wildman–Crippen MR) is 71.3 cm³/mol. The van der Waals surface area contributed by atoms with E-state index in [-0.39, 0.29) is 19.0 Å². The van der Waals surface area contributed by atoms with Gasteiger partial charge in [-0.15, -0.1) is 0 Å². The molecule has 3 N–H and O–H groups in total. The molecule has 2 amide bonds. The van der Waals surface area contributed by atoms with Crippen molar-refractivity contribution >= 4 is 17.8 Å². The Kier molecular flexibility index (Phi) is 7.65. The van der Waals surface area contributed by atoms with E-state index in [1.165, 1.54) is 7.11 Å². The van der Waals surface area contributed by atoms with Crippen LogP contribution in [0.3, 0.4) is 0 Å². The number of nitrogens with zero attached hydrogens (tertiary/aromatic N) is 1. The van der Waals surface area contributed by atoms with E-state index < -0.39 is 24.5 Å². The van der Waals surface area contributed by atoms with Gasteiger partial charge in [-0.3, -0.25) is 19.3 Å². The van der Waals surface area contributed by atoms with Crippen LogP contribution >= 0.6 is 0 Å². The Balaban J connectivity index is 2.35. The van der Waals surface area contributed by atoms with Crippen molar-refractivity contribution < 1.29 is 29.0 Å². The number of esters is 1. The first-order valence-electron chi connectivity index (χ1n) is 6.61. The number of carbonyl (C=O) groups is 3. The number of carbonyl (C=O) groups excluding carboxylic acids is 3. The molecule has 1 heterocycles. The van der Waals surface area contributed by atoms with Crippen LogP contribution in [0.1, 0.15) is 0 Å². The van der Waals surface area contributed by atoms with E-state index in [2.05, 4.69) is 15.4 Å². The molecule has 1 unspecified atom stereocenters. The molecular formula is C12H21N3O6. The number of hydrogen-bond acceptors (Lipinski definition) is 7. The first-order chi connectivity index (χ1) is 10.1. The molecule has 0 aliphatic carbocycles. The number of aliphatic hydroxyl groups is 1. The van der Waals surface area contributed by atoms with Crippen molar-refractivity contribution in [1.29, 1.82) is 0 Å². The summed E-state index contributed by atoms with van der Waals surface area (Å²) in [6.07, 6.45) is 0. The van der Waals surface area contributed by atoms with Gasteiger partial charge in [0.1, 0.15) is 12.6 Å². The lowest BCUT2D eigenvalue weighted by molar-refractivity contribution is -0.141. The minimum Gasteiger partial charge on any atom is -0.468 e. The highest BCUT2D eigenvalue weighted by atomic mass is 16.5. The average molecular weight is 303 g/mol. The zero-order valence-electron chi connectivity index (χ0n) is 12.0. The summed E-state index contributed by atoms with van der Waals surface area (Å²) in [6, 6.07) is -1.09. The lowest BCUT2D eigenvalue weighted by Crippen LogP contribution is -2.52. The maximum atomic E-state index is 11.8. The van der Waals surface area contributed by atoms with Crippen LogP contribution in [0, 0.1) is 0 Å². The fourth-order valence-corrected chi connectivity index (χ4v) is 1.75. The number of hydrogen-bond donors (Lipinski definition) is 3. The number of rotatable bonds is 7. The Bertz CT molecular complexity index is 370. The van der Waals surface area contributed by atoms with Gasteiger partial charge in [0.05, 0.1) is 33.5 Å². The van der Waals surface area contributed by atoms with Crippen molar-refractivity contribution in [3.05, 3.63) is 0 Å². The fraction of sp³-hybridized carbons (Fsp3) is 0.750. The first kappa shape index (κ1) is 17.3. The molecule has 0 bridgehead atoms. The minimum absolute atomic E-state index is 0.129. The molecular weight excluding hydrogens is 282 g/mol. The highest BCUT2D eigenvalue weighted by molar-refractivity contribution is 5.90. The highest BCUT2D eigenvalue weighted by Crippen LogP contribution is 1.96. The summed E-state index contributed by atoms with van der Waals surface area (Å²) in [5.74, 6) is -1.62. The van der Waals surface area contributed by atoms with E-state index >= 15 is 0 Å². The van der Waals surface area contributed by atoms with Crippen LogP contribution < -0.4 is 10.6 Å². The molecule has 1 saturated heterocycles. The molecule has 0 saturated carbocycles. The van der Waals surface area contributed by atoms with Gasteiger partial charge in [-0.1, -0.05) is 0 Å². The molecule has 0 aromatic heterocycles. The van der Waals surface area contributed by atoms with Crippen LogP contribution in [0.2, 0.25) is 0 Å². The smallest absolute Gasteiger partial charge is 0.325 e. The molecule has 9 nitrogen and oxygen atoms in total. The zero-order chi connectivity index (χ0) is 15.7. The monoisotopic (exact) mass is 303 g/mol. The SMILES string of the molecule is COC(=O)CNC(=O)C(CO)NC(=O)CN1CCOCC1. The second-order valence-corrected chi connectivity index (χ2v) is 4.49. The number of ether oxygens (including phenoxy) is 2. The molecule has 120 valence electrons. The van der Waals surface area contributed by atoms with Gasteiger partial charge in [-0.2, -0.15) is 0 Å². The Hall–Kier alpha value is -1.71. The molecule has 0 aromatic carbocycles. The van der Waals surface area contributed by atoms with E-state index in [0.717, 1.165) is 0 Å². The van der Waals surface area contributed by atoms with E-state index in [9.17, 15) is 14.4 Å². The third kappa shape index (κ3) is 6.52. The van der Waals surface area contributed by atoms with Gasteiger partial charge in [0.15, 0.2) is 0 Å². The summed E-state index contributed by atoms with van der Waals surface area (Å²) >= 11 is 0. The third-order valence-electron chi connectivity index (χ3n) is 2.94. The van der Waals surface area contributed by atoms with Gasteiger partial charge in [-0.25, -0.2) is 0 Å². The summed E-state index contributed by atoms with van der Waals surface area (Å²) in [5.41, 5.74) is 0. The number of morpholine rings is 1. The largest absolute Gasteiger partial charge is 0.468 e. The molecule has 0 aromatic rings. The third-order valence-corrected chi connectivity index (χ3v) is 2.94. The molecule has 1 fully saturated rings. The topological polar surface area (TPSA) is 117 Å². The maximum Gasteiger partial charge on any atom is 0.325 e. The standard InChI is InChI=1S/C12H21N3O6/c1-20-11(18)6-13-12(19)9(8-16)14-10(17)7-15-2-4-21-5-3-15/h9,16H,2-8H2,1H3,(H,13,19)(H,14,17). The highest BCUT2D eigenvalue weighted by Gasteiger charge is 2.22. The van der Waals surface area contributed by atoms with Gasteiger partial charge in [0.2, 0.25) is 11.8 Å². The zero-order valence-corrected chi connectivity index (χ0v) is 12.0. The quantitative estimate of drug-likeness (QED) is 0.431. The first-order valence-corrected chi connectivity index (χ1v) is 6.61. The molecule has 0 spiro atoms. The number of methoxy groups -OCH3 is 1. The van der Waals surface area contributed by atoms with Crippen LogP contribution in [0.4, 0.5) is 0 Å². The number of nitrogens with one attached hydrogen (secondary N) is 2. The summed E-state index contributed by atoms with van der Waals surface area (Å²) in [7, 11) is 1.20. The van der Waals surface area contributed by atoms with Crippen molar-refractivity contribution in [3.8, 4) is 0 Å². The van der Waals surface area contributed by atoms with Gasteiger partial charge in [-0.05, 0) is 0 Å². The predicted octanol–water partition coefficient (Wildman–Crippen LogP) is -2.92. The Morgan fingerprint density at radius 2 is 2.00 bits per heavy atom. The van der Waals surface area contributed by atoms with Crippen molar-refractivity contribution in [3.63, 3.8) is 0 Å². The molecule has 1 rings (SSSR count). The van der Waals surface area contributed by atoms with Crippen molar-refractivity contribution in [2.75, 3.05) is 53.1 Å². The minimum atomic E-state index is -1.09. The number of amides is 2. The van der Waals surface area contributed by atoms with Gasteiger partial charge >= 0.3 is 5.97 Å². The van der Waals surface area contributed by atoms with E-state index in [1.807, 2.05) is 4.90 Å². The normalized spacial score (nSPS) is 16.9. The molecule has 1 atom stereocenters. The molecule has 21 heavy (non-hydrogen) atoms. The fourth-order valence-electron chi connectivity index (χ4n) is 1.75. The Morgan fingerprint density at radius 3 is 2.57 bits per heavy atom. The molecule has 1 aliphatic heterocycles. The average Bonchev–Trinajstić information content (AvgIpc) is 2.50.